The van der Waals surface area contributed by atoms with Crippen molar-refractivity contribution < 1.29 is 14.5 Å². The van der Waals surface area contributed by atoms with E-state index in [1.807, 2.05) is 0 Å². The fourth-order valence-corrected chi connectivity index (χ4v) is 2.12. The second kappa shape index (κ2) is 6.53. The van der Waals surface area contributed by atoms with Gasteiger partial charge in [0.05, 0.1) is 16.6 Å². The summed E-state index contributed by atoms with van der Waals surface area (Å²) in [6.45, 7) is 5.06. The number of nitrogens with two attached hydrogens (primary N) is 1. The largest absolute Gasteiger partial charge is 0.484 e. The number of carbonyl (C=O) groups excluding carboxylic acids is 1. The molecule has 0 spiro atoms. The van der Waals surface area contributed by atoms with Gasteiger partial charge in [-0.25, -0.2) is 0 Å². The molecule has 3 N–H and O–H groups in total. The predicted octanol–water partition coefficient (Wildman–Crippen LogP) is 1.52. The van der Waals surface area contributed by atoms with E-state index in [0.717, 1.165) is 0 Å². The van der Waals surface area contributed by atoms with Crippen LogP contribution >= 0.6 is 0 Å². The molecule has 0 aliphatic heterocycles. The van der Waals surface area contributed by atoms with Crippen molar-refractivity contribution in [3.05, 3.63) is 33.9 Å². The first-order valence-corrected chi connectivity index (χ1v) is 6.60. The van der Waals surface area contributed by atoms with Crippen LogP contribution in [0.1, 0.15) is 25.8 Å². The zero-order chi connectivity index (χ0) is 16.2. The number of aryl methyl sites for hydroxylation is 1. The van der Waals surface area contributed by atoms with E-state index in [-0.39, 0.29) is 11.4 Å². The van der Waals surface area contributed by atoms with Crippen molar-refractivity contribution in [3.63, 3.8) is 0 Å². The van der Waals surface area contributed by atoms with E-state index in [0.29, 0.717) is 12.0 Å². The first-order valence-electron chi connectivity index (χ1n) is 6.60. The number of ether oxygens (including phenoxy) is 1. The first-order chi connectivity index (χ1) is 9.71. The van der Waals surface area contributed by atoms with E-state index in [1.165, 1.54) is 0 Å². The summed E-state index contributed by atoms with van der Waals surface area (Å²) in [6, 6.07) is 4.88. The molecule has 1 amide bonds. The Hall–Kier alpha value is -2.15. The number of para-hydroxylation sites is 1. The van der Waals surface area contributed by atoms with Gasteiger partial charge in [0.15, 0.2) is 5.75 Å². The van der Waals surface area contributed by atoms with Crippen molar-refractivity contribution in [2.24, 2.45) is 5.73 Å². The average molecular weight is 295 g/mol. The van der Waals surface area contributed by atoms with Crippen LogP contribution in [0.2, 0.25) is 0 Å². The highest BCUT2D eigenvalue weighted by atomic mass is 16.6. The fraction of sp³-hybridized carbons (Fsp3) is 0.500. The number of hydrogen-bond acceptors (Lipinski definition) is 5. The molecule has 0 fully saturated rings. The fourth-order valence-electron chi connectivity index (χ4n) is 2.12. The summed E-state index contributed by atoms with van der Waals surface area (Å²) in [4.78, 5) is 22.1. The summed E-state index contributed by atoms with van der Waals surface area (Å²) in [5.41, 5.74) is 4.89. The van der Waals surface area contributed by atoms with Crippen LogP contribution in [-0.4, -0.2) is 29.5 Å². The molecule has 0 radical (unpaired) electrons. The number of hydrogen-bond donors (Lipinski definition) is 2. The van der Waals surface area contributed by atoms with Crippen LogP contribution in [0.25, 0.3) is 0 Å². The molecule has 0 saturated carbocycles. The topological polar surface area (TPSA) is 107 Å². The van der Waals surface area contributed by atoms with Crippen LogP contribution in [0, 0.1) is 17.0 Å². The van der Waals surface area contributed by atoms with Gasteiger partial charge in [0, 0.05) is 12.0 Å². The molecule has 2 unspecified atom stereocenters. The monoisotopic (exact) mass is 295 g/mol. The van der Waals surface area contributed by atoms with Gasteiger partial charge in [-0.05, 0) is 33.9 Å². The smallest absolute Gasteiger partial charge is 0.313 e. The van der Waals surface area contributed by atoms with Crippen LogP contribution in [0.15, 0.2) is 18.2 Å². The van der Waals surface area contributed by atoms with Gasteiger partial charge in [-0.1, -0.05) is 12.1 Å². The molecule has 0 saturated heterocycles. The summed E-state index contributed by atoms with van der Waals surface area (Å²) in [6.07, 6.45) is -0.125. The molecule has 21 heavy (non-hydrogen) atoms. The van der Waals surface area contributed by atoms with Crippen LogP contribution in [0.3, 0.4) is 0 Å². The van der Waals surface area contributed by atoms with Gasteiger partial charge in [-0.2, -0.15) is 0 Å². The van der Waals surface area contributed by atoms with E-state index < -0.39 is 22.5 Å². The van der Waals surface area contributed by atoms with Crippen LogP contribution in [-0.2, 0) is 4.79 Å². The van der Waals surface area contributed by atoms with Gasteiger partial charge >= 0.3 is 5.69 Å². The molecule has 2 atom stereocenters. The molecule has 0 aromatic heterocycles. The first kappa shape index (κ1) is 16.9. The van der Waals surface area contributed by atoms with Crippen LogP contribution < -0.4 is 15.8 Å². The van der Waals surface area contributed by atoms with Gasteiger partial charge in [-0.3, -0.25) is 14.9 Å². The normalized spacial score (nSPS) is 15.0. The Balaban J connectivity index is 2.94. The quantitative estimate of drug-likeness (QED) is 0.586. The number of nitrogens with zero attached hydrogens (tertiary/aromatic N) is 1. The molecule has 7 nitrogen and oxygen atoms in total. The number of amides is 1. The number of carbonyl (C=O) groups is 1. The molecule has 1 aromatic carbocycles. The summed E-state index contributed by atoms with van der Waals surface area (Å²) in [5, 5.41) is 14.0. The lowest BCUT2D eigenvalue weighted by atomic mass is 9.94. The number of primary amides is 1. The minimum absolute atomic E-state index is 0.0606. The van der Waals surface area contributed by atoms with Crippen molar-refractivity contribution in [2.45, 2.75) is 38.8 Å². The molecule has 1 rings (SSSR count). The highest BCUT2D eigenvalue weighted by molar-refractivity contribution is 5.84. The maximum atomic E-state index is 11.5. The molecule has 7 heteroatoms. The van der Waals surface area contributed by atoms with Crippen LogP contribution in [0.4, 0.5) is 5.69 Å². The Labute approximate surface area is 123 Å². The highest BCUT2D eigenvalue weighted by Crippen LogP contribution is 2.31. The lowest BCUT2D eigenvalue weighted by molar-refractivity contribution is -0.386. The maximum Gasteiger partial charge on any atom is 0.313 e. The molecule has 0 aliphatic carbocycles. The van der Waals surface area contributed by atoms with E-state index in [9.17, 15) is 14.9 Å². The summed E-state index contributed by atoms with van der Waals surface area (Å²) >= 11 is 0. The van der Waals surface area contributed by atoms with Crippen molar-refractivity contribution >= 4 is 11.6 Å². The maximum absolute atomic E-state index is 11.5. The Morgan fingerprint density at radius 3 is 2.67 bits per heavy atom. The van der Waals surface area contributed by atoms with Gasteiger partial charge < -0.3 is 15.8 Å². The minimum atomic E-state index is -0.933. The highest BCUT2D eigenvalue weighted by Gasteiger charge is 2.32. The van der Waals surface area contributed by atoms with E-state index in [4.69, 9.17) is 10.5 Å². The third kappa shape index (κ3) is 3.91. The Morgan fingerprint density at radius 2 is 2.19 bits per heavy atom. The Morgan fingerprint density at radius 1 is 1.57 bits per heavy atom. The molecule has 0 aliphatic rings. The lowest BCUT2D eigenvalue weighted by Crippen LogP contribution is -2.53. The van der Waals surface area contributed by atoms with E-state index in [2.05, 4.69) is 5.32 Å². The van der Waals surface area contributed by atoms with Gasteiger partial charge in [0.25, 0.3) is 0 Å². The summed E-state index contributed by atoms with van der Waals surface area (Å²) in [7, 11) is 1.63. The number of benzene rings is 1. The minimum Gasteiger partial charge on any atom is -0.484 e. The molecular weight excluding hydrogens is 274 g/mol. The number of likely N-dealkylation sites (N-methyl/N-ethyl adjacent to an activating group) is 1. The molecular formula is C14H21N3O4. The standard InChI is InChI=1S/C14H21N3O4/c1-9-6-5-7-11(12(9)17(19)20)21-10(2)8-14(3,16-4)13(15)18/h5-7,10,16H,8H2,1-4H3,(H2,15,18). The van der Waals surface area contributed by atoms with Crippen molar-refractivity contribution in [1.82, 2.24) is 5.32 Å². The molecule has 0 bridgehead atoms. The van der Waals surface area contributed by atoms with E-state index >= 15 is 0 Å². The van der Waals surface area contributed by atoms with Gasteiger partial charge in [-0.15, -0.1) is 0 Å². The predicted molar refractivity (Wildman–Crippen MR) is 79.2 cm³/mol. The van der Waals surface area contributed by atoms with Gasteiger partial charge in [0.1, 0.15) is 0 Å². The third-order valence-corrected chi connectivity index (χ3v) is 3.50. The molecule has 0 heterocycles. The third-order valence-electron chi connectivity index (χ3n) is 3.50. The number of nitro groups is 1. The number of nitro benzene ring substituents is 1. The van der Waals surface area contributed by atoms with Crippen molar-refractivity contribution in [2.75, 3.05) is 7.05 Å². The SMILES string of the molecule is CNC(C)(CC(C)Oc1cccc(C)c1[N+](=O)[O-])C(N)=O. The zero-order valence-corrected chi connectivity index (χ0v) is 12.7. The zero-order valence-electron chi connectivity index (χ0n) is 12.7. The second-order valence-electron chi connectivity index (χ2n) is 5.26. The van der Waals surface area contributed by atoms with Gasteiger partial charge in [0.2, 0.25) is 5.91 Å². The van der Waals surface area contributed by atoms with Crippen LogP contribution in [0.5, 0.6) is 5.75 Å². The second-order valence-corrected chi connectivity index (χ2v) is 5.26. The van der Waals surface area contributed by atoms with Crippen molar-refractivity contribution in [3.8, 4) is 5.75 Å². The molecule has 1 aromatic rings. The molecule has 116 valence electrons. The van der Waals surface area contributed by atoms with E-state index in [1.54, 1.807) is 46.0 Å². The average Bonchev–Trinajstić information content (AvgIpc) is 2.37. The number of rotatable bonds is 7. The summed E-state index contributed by atoms with van der Waals surface area (Å²) < 4.78 is 5.65. The number of nitrogens with one attached hydrogen (secondary N) is 1. The summed E-state index contributed by atoms with van der Waals surface area (Å²) in [5.74, 6) is -0.311. The van der Waals surface area contributed by atoms with Crippen molar-refractivity contribution in [1.29, 1.82) is 0 Å². The lowest BCUT2D eigenvalue weighted by Gasteiger charge is -2.28. The Kier molecular flexibility index (Phi) is 5.26. The Bertz CT molecular complexity index is 547.